The molecule has 0 radical (unpaired) electrons. The van der Waals surface area contributed by atoms with Crippen LogP contribution in [0.1, 0.15) is 34.7 Å². The molecule has 5 N–H and O–H groups in total. The largest absolute Gasteiger partial charge is 0.453 e. The Hall–Kier alpha value is -5.15. The Bertz CT molecular complexity index is 1870. The van der Waals surface area contributed by atoms with Crippen LogP contribution in [0.5, 0.6) is 0 Å². The van der Waals surface area contributed by atoms with Crippen molar-refractivity contribution in [3.8, 4) is 0 Å². The summed E-state index contributed by atoms with van der Waals surface area (Å²) >= 11 is 1.38. The van der Waals surface area contributed by atoms with Crippen LogP contribution in [0.4, 0.5) is 5.82 Å². The van der Waals surface area contributed by atoms with Crippen LogP contribution < -0.4 is 21.3 Å². The highest BCUT2D eigenvalue weighted by atomic mass is 32.2. The minimum atomic E-state index is -0.817. The molecule has 1 atom stereocenters. The second-order valence-electron chi connectivity index (χ2n) is 11.5. The molecule has 14 nitrogen and oxygen atoms in total. The molecule has 0 saturated carbocycles. The number of rotatable bonds is 6. The van der Waals surface area contributed by atoms with Crippen molar-refractivity contribution in [2.75, 3.05) is 38.0 Å². The van der Waals surface area contributed by atoms with E-state index in [1.54, 1.807) is 24.5 Å². The van der Waals surface area contributed by atoms with Gasteiger partial charge in [0.1, 0.15) is 29.6 Å². The Morgan fingerprint density at radius 1 is 0.958 bits per heavy atom. The van der Waals surface area contributed by atoms with Crippen molar-refractivity contribution in [3.63, 3.8) is 0 Å². The Labute approximate surface area is 281 Å². The number of hydrogen-bond donors (Lipinski definition) is 5. The van der Waals surface area contributed by atoms with E-state index in [9.17, 15) is 14.4 Å². The molecule has 1 aromatic carbocycles. The molecule has 1 aliphatic rings. The van der Waals surface area contributed by atoms with Gasteiger partial charge in [0, 0.05) is 50.2 Å². The van der Waals surface area contributed by atoms with Gasteiger partial charge in [-0.15, -0.1) is 10.2 Å². The van der Waals surface area contributed by atoms with Crippen LogP contribution >= 0.6 is 11.8 Å². The first-order chi connectivity index (χ1) is 23.4. The monoisotopic (exact) mass is 670 g/mol. The fraction of sp³-hybridized carbons (Fsp3) is 0.333. The molecule has 48 heavy (non-hydrogen) atoms. The van der Waals surface area contributed by atoms with Crippen molar-refractivity contribution in [3.05, 3.63) is 84.1 Å². The zero-order chi connectivity index (χ0) is 33.3. The molecule has 15 heteroatoms. The highest BCUT2D eigenvalue weighted by Gasteiger charge is 2.24. The van der Waals surface area contributed by atoms with Gasteiger partial charge in [-0.3, -0.25) is 19.3 Å². The van der Waals surface area contributed by atoms with Crippen molar-refractivity contribution in [1.29, 1.82) is 0 Å². The number of hydrogen-bond acceptors (Lipinski definition) is 10. The van der Waals surface area contributed by atoms with Gasteiger partial charge in [0.15, 0.2) is 10.2 Å². The third-order valence-electron chi connectivity index (χ3n) is 7.90. The molecule has 0 spiro atoms. The van der Waals surface area contributed by atoms with Gasteiger partial charge in [0.2, 0.25) is 11.8 Å². The van der Waals surface area contributed by atoms with E-state index in [1.807, 2.05) is 59.1 Å². The smallest absolute Gasteiger partial charge is 0.270 e. The number of H-pyrrole nitrogens is 1. The second kappa shape index (κ2) is 15.6. The highest BCUT2D eigenvalue weighted by Crippen LogP contribution is 2.27. The van der Waals surface area contributed by atoms with Crippen LogP contribution in [0.25, 0.3) is 10.9 Å². The summed E-state index contributed by atoms with van der Waals surface area (Å²) in [4.78, 5) is 49.5. The quantitative estimate of drug-likeness (QED) is 0.181. The summed E-state index contributed by atoms with van der Waals surface area (Å²) in [5.74, 6) is 0.367. The van der Waals surface area contributed by atoms with Crippen molar-refractivity contribution in [1.82, 2.24) is 45.6 Å². The van der Waals surface area contributed by atoms with Crippen molar-refractivity contribution in [2.24, 2.45) is 7.05 Å². The molecule has 0 saturated heterocycles. The number of para-hydroxylation sites is 1. The molecule has 0 aliphatic carbocycles. The molecule has 5 heterocycles. The molecule has 0 fully saturated rings. The summed E-state index contributed by atoms with van der Waals surface area (Å²) < 4.78 is 7.86. The Morgan fingerprint density at radius 2 is 1.83 bits per heavy atom. The predicted molar refractivity (Wildman–Crippen MR) is 180 cm³/mol. The molecule has 5 aromatic rings. The van der Waals surface area contributed by atoms with Crippen LogP contribution in [-0.4, -0.2) is 86.1 Å². The van der Waals surface area contributed by atoms with E-state index in [-0.39, 0.29) is 24.1 Å². The number of aromatic nitrogens is 5. The number of anilines is 1. The highest BCUT2D eigenvalue weighted by molar-refractivity contribution is 7.99. The lowest BCUT2D eigenvalue weighted by Gasteiger charge is -2.21. The van der Waals surface area contributed by atoms with Crippen molar-refractivity contribution >= 4 is 46.2 Å². The summed E-state index contributed by atoms with van der Waals surface area (Å²) in [6.07, 6.45) is 5.22. The number of amides is 3. The van der Waals surface area contributed by atoms with E-state index in [2.05, 4.69) is 41.4 Å². The lowest BCUT2D eigenvalue weighted by Crippen LogP contribution is -2.48. The number of aryl methyl sites for hydroxylation is 1. The van der Waals surface area contributed by atoms with Crippen LogP contribution in [-0.2, 0) is 29.6 Å². The fourth-order valence-corrected chi connectivity index (χ4v) is 6.20. The molecule has 2 bridgehead atoms. The number of carbonyl (C=O) groups excluding carboxylic acids is 3. The standard InChI is InChI=1S/C33H38N10O4S/c1-42-21-38-41-33(42)48-30-12-11-23(47-30)19-43-16-5-4-13-36-31(45)27(17-22-18-37-25-8-3-2-7-24(22)25)40-32(46)26-9-6-10-28(39-26)34-14-15-35-29(44)20-43/h2-3,6-12,18,21,27,37H,4-5,13-17,19-20H2,1H3,(H,34,39)(H,35,44)(H,36,45)(H,40,46)/t27-/m0/s1. The lowest BCUT2D eigenvalue weighted by atomic mass is 10.0. The van der Waals surface area contributed by atoms with Gasteiger partial charge in [0.25, 0.3) is 5.91 Å². The second-order valence-corrected chi connectivity index (χ2v) is 12.5. The summed E-state index contributed by atoms with van der Waals surface area (Å²) in [5, 5.41) is 22.4. The average molecular weight is 671 g/mol. The number of nitrogens with one attached hydrogen (secondary N) is 5. The summed E-state index contributed by atoms with van der Waals surface area (Å²) in [5.41, 5.74) is 2.07. The number of nitrogens with zero attached hydrogens (tertiary/aromatic N) is 5. The predicted octanol–water partition coefficient (Wildman–Crippen LogP) is 2.72. The van der Waals surface area contributed by atoms with E-state index >= 15 is 0 Å². The number of benzene rings is 1. The van der Waals surface area contributed by atoms with Gasteiger partial charge in [-0.25, -0.2) is 4.98 Å². The topological polar surface area (TPSA) is 175 Å². The van der Waals surface area contributed by atoms with E-state index in [4.69, 9.17) is 4.42 Å². The maximum atomic E-state index is 13.5. The molecule has 3 amide bonds. The van der Waals surface area contributed by atoms with Gasteiger partial charge in [-0.2, -0.15) is 0 Å². The zero-order valence-electron chi connectivity index (χ0n) is 26.6. The molecule has 1 aliphatic heterocycles. The van der Waals surface area contributed by atoms with Crippen molar-refractivity contribution in [2.45, 2.75) is 42.1 Å². The first-order valence-electron chi connectivity index (χ1n) is 15.9. The summed E-state index contributed by atoms with van der Waals surface area (Å²) in [6, 6.07) is 15.9. The third-order valence-corrected chi connectivity index (χ3v) is 8.87. The van der Waals surface area contributed by atoms with Crippen LogP contribution in [0.15, 0.2) is 81.8 Å². The number of carbonyl (C=O) groups is 3. The first-order valence-corrected chi connectivity index (χ1v) is 16.7. The minimum Gasteiger partial charge on any atom is -0.453 e. The molecule has 4 aromatic heterocycles. The van der Waals surface area contributed by atoms with Gasteiger partial charge < -0.3 is 35.2 Å². The number of pyridine rings is 1. The number of aromatic amines is 1. The van der Waals surface area contributed by atoms with Crippen LogP contribution in [0, 0.1) is 0 Å². The number of furan rings is 1. The minimum absolute atomic E-state index is 0.121. The van der Waals surface area contributed by atoms with E-state index in [1.165, 1.54) is 11.8 Å². The van der Waals surface area contributed by atoms with Gasteiger partial charge >= 0.3 is 0 Å². The average Bonchev–Trinajstić information content (AvgIpc) is 3.82. The molecular weight excluding hydrogens is 632 g/mol. The zero-order valence-corrected chi connectivity index (χ0v) is 27.4. The van der Waals surface area contributed by atoms with Crippen LogP contribution in [0.2, 0.25) is 0 Å². The Balaban J connectivity index is 1.14. The third kappa shape index (κ3) is 8.60. The lowest BCUT2D eigenvalue weighted by molar-refractivity contribution is -0.123. The normalized spacial score (nSPS) is 17.4. The van der Waals surface area contributed by atoms with Crippen LogP contribution in [0.3, 0.4) is 0 Å². The molecule has 6 rings (SSSR count). The van der Waals surface area contributed by atoms with Crippen molar-refractivity contribution < 1.29 is 18.8 Å². The Kier molecular flexibility index (Phi) is 10.7. The molecule has 250 valence electrons. The maximum Gasteiger partial charge on any atom is 0.270 e. The van der Waals surface area contributed by atoms with E-state index < -0.39 is 11.9 Å². The first kappa shape index (κ1) is 32.8. The Morgan fingerprint density at radius 3 is 2.71 bits per heavy atom. The fourth-order valence-electron chi connectivity index (χ4n) is 5.46. The van der Waals surface area contributed by atoms with Gasteiger partial charge in [-0.05, 0) is 67.0 Å². The van der Waals surface area contributed by atoms with E-state index in [0.29, 0.717) is 61.6 Å². The summed E-state index contributed by atoms with van der Waals surface area (Å²) in [6.45, 7) is 2.42. The molecule has 0 unspecified atom stereocenters. The molecular formula is C33H38N10O4S. The van der Waals surface area contributed by atoms with Gasteiger partial charge in [0.05, 0.1) is 13.1 Å². The van der Waals surface area contributed by atoms with E-state index in [0.717, 1.165) is 28.6 Å². The summed E-state index contributed by atoms with van der Waals surface area (Å²) in [7, 11) is 1.87. The number of fused-ring (bicyclic) bond motifs is 3. The SMILES string of the molecule is Cn1cnnc1Sc1ccc(CN2CCCCNC(=O)[C@H](Cc3c[nH]c4ccccc34)NC(=O)c3cccc(n3)NCCNC(=O)C2)o1. The van der Waals surface area contributed by atoms with Gasteiger partial charge in [-0.1, -0.05) is 24.3 Å². The maximum absolute atomic E-state index is 13.5.